The van der Waals surface area contributed by atoms with E-state index in [2.05, 4.69) is 4.72 Å². The van der Waals surface area contributed by atoms with Gasteiger partial charge in [-0.2, -0.15) is 0 Å². The van der Waals surface area contributed by atoms with Gasteiger partial charge in [0.05, 0.1) is 4.90 Å². The van der Waals surface area contributed by atoms with Gasteiger partial charge in [0.1, 0.15) is 5.82 Å². The molecule has 17 heavy (non-hydrogen) atoms. The molecule has 1 fully saturated rings. The molecule has 0 unspecified atom stereocenters. The molecule has 0 spiro atoms. The van der Waals surface area contributed by atoms with Crippen molar-refractivity contribution in [3.63, 3.8) is 0 Å². The van der Waals surface area contributed by atoms with Gasteiger partial charge >= 0.3 is 0 Å². The van der Waals surface area contributed by atoms with E-state index in [0.29, 0.717) is 18.4 Å². The molecule has 0 radical (unpaired) electrons. The van der Waals surface area contributed by atoms with E-state index in [1.807, 2.05) is 0 Å². The molecule has 0 bridgehead atoms. The smallest absolute Gasteiger partial charge is 0.208 e. The summed E-state index contributed by atoms with van der Waals surface area (Å²) in [5.74, 6) is -0.556. The molecule has 0 aromatic heterocycles. The van der Waals surface area contributed by atoms with Gasteiger partial charge in [-0.15, -0.1) is 11.6 Å². The summed E-state index contributed by atoms with van der Waals surface area (Å²) in [6.45, 7) is 1.64. The van der Waals surface area contributed by atoms with E-state index in [9.17, 15) is 12.8 Å². The van der Waals surface area contributed by atoms with Gasteiger partial charge in [0.25, 0.3) is 0 Å². The summed E-state index contributed by atoms with van der Waals surface area (Å²) in [7, 11) is -3.65. The fraction of sp³-hybridized carbons (Fsp3) is 0.455. The van der Waals surface area contributed by atoms with Crippen LogP contribution in [0.3, 0.4) is 0 Å². The minimum absolute atomic E-state index is 0.00415. The third-order valence-corrected chi connectivity index (χ3v) is 4.86. The molecule has 0 amide bonds. The summed E-state index contributed by atoms with van der Waals surface area (Å²) >= 11 is 5.78. The van der Waals surface area contributed by atoms with Gasteiger partial charge in [0.2, 0.25) is 10.0 Å². The van der Waals surface area contributed by atoms with Crippen LogP contribution in [-0.4, -0.2) is 19.8 Å². The fourth-order valence-corrected chi connectivity index (χ4v) is 3.74. The number of alkyl halides is 1. The third kappa shape index (κ3) is 2.78. The van der Waals surface area contributed by atoms with Crippen molar-refractivity contribution in [2.75, 3.05) is 0 Å². The molecule has 2 rings (SSSR count). The maximum Gasteiger partial charge on any atom is 0.241 e. The highest BCUT2D eigenvalue weighted by Gasteiger charge is 2.31. The largest absolute Gasteiger partial charge is 0.241 e. The number of hydrogen-bond acceptors (Lipinski definition) is 2. The molecule has 0 heterocycles. The van der Waals surface area contributed by atoms with Crippen molar-refractivity contribution in [2.45, 2.75) is 36.1 Å². The summed E-state index contributed by atoms with van der Waals surface area (Å²) in [5, 5.41) is 0.0382. The molecule has 6 heteroatoms. The van der Waals surface area contributed by atoms with Crippen molar-refractivity contribution < 1.29 is 12.8 Å². The Morgan fingerprint density at radius 2 is 2.06 bits per heavy atom. The molecule has 0 atom stereocenters. The van der Waals surface area contributed by atoms with Crippen LogP contribution >= 0.6 is 11.6 Å². The van der Waals surface area contributed by atoms with Gasteiger partial charge in [-0.3, -0.25) is 0 Å². The number of benzene rings is 1. The van der Waals surface area contributed by atoms with Gasteiger partial charge in [-0.25, -0.2) is 17.5 Å². The third-order valence-electron chi connectivity index (χ3n) is 2.84. The van der Waals surface area contributed by atoms with Crippen molar-refractivity contribution in [1.29, 1.82) is 0 Å². The fourth-order valence-electron chi connectivity index (χ4n) is 1.79. The lowest BCUT2D eigenvalue weighted by Crippen LogP contribution is -2.44. The van der Waals surface area contributed by atoms with E-state index >= 15 is 0 Å². The second-order valence-corrected chi connectivity index (χ2v) is 6.60. The Bertz CT molecular complexity index is 526. The van der Waals surface area contributed by atoms with Gasteiger partial charge in [-0.05, 0) is 37.5 Å². The van der Waals surface area contributed by atoms with E-state index in [1.54, 1.807) is 6.92 Å². The van der Waals surface area contributed by atoms with Crippen LogP contribution in [0.4, 0.5) is 4.39 Å². The summed E-state index contributed by atoms with van der Waals surface area (Å²) in [4.78, 5) is -0.00415. The van der Waals surface area contributed by atoms with Crippen LogP contribution in [0.5, 0.6) is 0 Å². The van der Waals surface area contributed by atoms with Gasteiger partial charge in [0.15, 0.2) is 0 Å². The van der Waals surface area contributed by atoms with Gasteiger partial charge < -0.3 is 0 Å². The zero-order valence-corrected chi connectivity index (χ0v) is 10.9. The first-order chi connectivity index (χ1) is 7.88. The molecule has 3 nitrogen and oxygen atoms in total. The first-order valence-electron chi connectivity index (χ1n) is 5.31. The lowest BCUT2D eigenvalue weighted by molar-refractivity contribution is 0.391. The molecule has 1 aromatic carbocycles. The zero-order chi connectivity index (χ0) is 12.6. The number of nitrogens with one attached hydrogen (secondary N) is 1. The molecule has 94 valence electrons. The monoisotopic (exact) mass is 277 g/mol. The minimum atomic E-state index is -3.65. The average Bonchev–Trinajstić information content (AvgIpc) is 2.19. The van der Waals surface area contributed by atoms with Crippen molar-refractivity contribution in [2.24, 2.45) is 0 Å². The number of aryl methyl sites for hydroxylation is 1. The lowest BCUT2D eigenvalue weighted by atomic mass is 9.94. The SMILES string of the molecule is Cc1ccc(F)cc1S(=O)(=O)NC1CC(Cl)C1. The predicted octanol–water partition coefficient (Wildman–Crippen LogP) is 2.18. The highest BCUT2D eigenvalue weighted by molar-refractivity contribution is 7.89. The Kier molecular flexibility index (Phi) is 3.43. The standard InChI is InChI=1S/C11H13ClFNO2S/c1-7-2-3-9(13)6-11(7)17(15,16)14-10-4-8(12)5-10/h2-3,6,8,10,14H,4-5H2,1H3. The number of rotatable bonds is 3. The zero-order valence-electron chi connectivity index (χ0n) is 9.28. The molecule has 1 aliphatic rings. The van der Waals surface area contributed by atoms with Crippen LogP contribution in [0, 0.1) is 12.7 Å². The van der Waals surface area contributed by atoms with Crippen LogP contribution in [0.1, 0.15) is 18.4 Å². The van der Waals surface area contributed by atoms with Crippen molar-refractivity contribution in [3.05, 3.63) is 29.6 Å². The molecule has 0 aliphatic heterocycles. The van der Waals surface area contributed by atoms with E-state index < -0.39 is 15.8 Å². The minimum Gasteiger partial charge on any atom is -0.208 e. The molecule has 1 N–H and O–H groups in total. The van der Waals surface area contributed by atoms with Gasteiger partial charge in [-0.1, -0.05) is 6.07 Å². The summed E-state index contributed by atoms with van der Waals surface area (Å²) in [6.07, 6.45) is 1.24. The molecule has 1 aliphatic carbocycles. The highest BCUT2D eigenvalue weighted by atomic mass is 35.5. The van der Waals surface area contributed by atoms with Crippen LogP contribution in [0.2, 0.25) is 0 Å². The van der Waals surface area contributed by atoms with Crippen molar-refractivity contribution in [3.8, 4) is 0 Å². The number of halogens is 2. The topological polar surface area (TPSA) is 46.2 Å². The van der Waals surface area contributed by atoms with E-state index in [1.165, 1.54) is 12.1 Å². The van der Waals surface area contributed by atoms with Crippen LogP contribution in [-0.2, 0) is 10.0 Å². The van der Waals surface area contributed by atoms with E-state index in [-0.39, 0.29) is 16.3 Å². The first-order valence-corrected chi connectivity index (χ1v) is 7.23. The normalized spacial score (nSPS) is 24.4. The van der Waals surface area contributed by atoms with Crippen LogP contribution in [0.15, 0.2) is 23.1 Å². The average molecular weight is 278 g/mol. The van der Waals surface area contributed by atoms with E-state index in [4.69, 9.17) is 11.6 Å². The Morgan fingerprint density at radius 1 is 1.41 bits per heavy atom. The molecule has 0 saturated heterocycles. The molecular weight excluding hydrogens is 265 g/mol. The Hall–Kier alpha value is -0.650. The molecule has 1 aromatic rings. The Morgan fingerprint density at radius 3 is 2.65 bits per heavy atom. The highest BCUT2D eigenvalue weighted by Crippen LogP contribution is 2.27. The predicted molar refractivity (Wildman–Crippen MR) is 64.1 cm³/mol. The molecular formula is C11H13ClFNO2S. The lowest BCUT2D eigenvalue weighted by Gasteiger charge is -2.31. The van der Waals surface area contributed by atoms with Crippen LogP contribution in [0.25, 0.3) is 0 Å². The van der Waals surface area contributed by atoms with Crippen molar-refractivity contribution in [1.82, 2.24) is 4.72 Å². The second kappa shape index (κ2) is 4.55. The maximum absolute atomic E-state index is 13.1. The molecule has 1 saturated carbocycles. The van der Waals surface area contributed by atoms with E-state index in [0.717, 1.165) is 6.07 Å². The quantitative estimate of drug-likeness (QED) is 0.861. The Balaban J connectivity index is 2.22. The summed E-state index contributed by atoms with van der Waals surface area (Å²) in [6, 6.07) is 3.60. The van der Waals surface area contributed by atoms with Crippen molar-refractivity contribution >= 4 is 21.6 Å². The van der Waals surface area contributed by atoms with Gasteiger partial charge in [0, 0.05) is 11.4 Å². The Labute approximate surface area is 105 Å². The maximum atomic E-state index is 13.1. The number of sulfonamides is 1. The summed E-state index contributed by atoms with van der Waals surface area (Å²) < 4.78 is 39.6. The summed E-state index contributed by atoms with van der Waals surface area (Å²) in [5.41, 5.74) is 0.528. The second-order valence-electron chi connectivity index (χ2n) is 4.30. The van der Waals surface area contributed by atoms with Crippen LogP contribution < -0.4 is 4.72 Å². The first kappa shape index (κ1) is 12.8. The number of hydrogen-bond donors (Lipinski definition) is 1.